The molecule has 2 heterocycles. The molecule has 35 heavy (non-hydrogen) atoms. The minimum atomic E-state index is -3.83. The van der Waals surface area contributed by atoms with Gasteiger partial charge in [-0.25, -0.2) is 13.2 Å². The Morgan fingerprint density at radius 3 is 2.46 bits per heavy atom. The molecule has 0 fully saturated rings. The number of aromatic nitrogens is 1. The lowest BCUT2D eigenvalue weighted by Gasteiger charge is -2.21. The molecule has 5 rings (SSSR count). The van der Waals surface area contributed by atoms with Gasteiger partial charge in [-0.05, 0) is 27.5 Å². The Kier molecular flexibility index (Phi) is 5.90. The van der Waals surface area contributed by atoms with Gasteiger partial charge >= 0.3 is 5.97 Å². The molecule has 0 radical (unpaired) electrons. The third-order valence-electron chi connectivity index (χ3n) is 6.04. The molecular formula is C26H22N2O5S2. The second kappa shape index (κ2) is 8.90. The van der Waals surface area contributed by atoms with Crippen molar-refractivity contribution in [3.63, 3.8) is 0 Å². The van der Waals surface area contributed by atoms with E-state index in [1.807, 2.05) is 72.8 Å². The number of pyridine rings is 1. The standard InChI is InChI=1S/C26H22N2O5S2/c1-35(32,33)27-23-20(14-18-12-7-11-16-8-5-6-13-19(16)18)22(17-9-3-2-4-10-17)25-28(24(23)29)21(15-34-25)26(30)31/h2-13,21,27H,14-15H2,1H3,(H,30,31)/t21-/m0/s1. The van der Waals surface area contributed by atoms with E-state index in [-0.39, 0.29) is 17.9 Å². The van der Waals surface area contributed by atoms with Crippen LogP contribution < -0.4 is 10.3 Å². The Bertz CT molecular complexity index is 1620. The van der Waals surface area contributed by atoms with Crippen LogP contribution in [0.15, 0.2) is 82.6 Å². The van der Waals surface area contributed by atoms with Crippen LogP contribution in [0.25, 0.3) is 21.9 Å². The monoisotopic (exact) mass is 506 g/mol. The number of anilines is 1. The number of fused-ring (bicyclic) bond motifs is 2. The lowest BCUT2D eigenvalue weighted by Crippen LogP contribution is -2.33. The highest BCUT2D eigenvalue weighted by Crippen LogP contribution is 2.44. The van der Waals surface area contributed by atoms with Gasteiger partial charge in [0.1, 0.15) is 11.7 Å². The van der Waals surface area contributed by atoms with Gasteiger partial charge in [0.15, 0.2) is 0 Å². The number of sulfonamides is 1. The summed E-state index contributed by atoms with van der Waals surface area (Å²) >= 11 is 1.30. The zero-order valence-corrected chi connectivity index (χ0v) is 20.4. The Morgan fingerprint density at radius 1 is 1.06 bits per heavy atom. The van der Waals surface area contributed by atoms with E-state index in [0.29, 0.717) is 16.2 Å². The number of carboxylic acids is 1. The molecule has 9 heteroatoms. The smallest absolute Gasteiger partial charge is 0.327 e. The number of thioether (sulfide) groups is 1. The molecule has 0 aliphatic carbocycles. The van der Waals surface area contributed by atoms with Gasteiger partial charge in [-0.3, -0.25) is 14.1 Å². The summed E-state index contributed by atoms with van der Waals surface area (Å²) in [4.78, 5) is 25.6. The van der Waals surface area contributed by atoms with Crippen LogP contribution in [0.5, 0.6) is 0 Å². The van der Waals surface area contributed by atoms with Crippen molar-refractivity contribution in [1.82, 2.24) is 4.57 Å². The van der Waals surface area contributed by atoms with Crippen molar-refractivity contribution in [2.75, 3.05) is 16.7 Å². The van der Waals surface area contributed by atoms with E-state index in [1.54, 1.807) is 0 Å². The van der Waals surface area contributed by atoms with Crippen molar-refractivity contribution in [2.45, 2.75) is 17.5 Å². The Labute approximate surface area is 206 Å². The SMILES string of the molecule is CS(=O)(=O)Nc1c(Cc2cccc3ccccc23)c(-c2ccccc2)c2n(c1=O)[C@H](C(=O)O)CS2. The van der Waals surface area contributed by atoms with Crippen LogP contribution in [0.3, 0.4) is 0 Å². The number of hydrogen-bond acceptors (Lipinski definition) is 5. The Hall–Kier alpha value is -3.56. The van der Waals surface area contributed by atoms with Crippen LogP contribution in [0, 0.1) is 0 Å². The summed E-state index contributed by atoms with van der Waals surface area (Å²) in [6, 6.07) is 22.0. The lowest BCUT2D eigenvalue weighted by molar-refractivity contribution is -0.140. The summed E-state index contributed by atoms with van der Waals surface area (Å²) in [6.07, 6.45) is 1.27. The molecule has 4 aromatic rings. The van der Waals surface area contributed by atoms with E-state index in [2.05, 4.69) is 4.72 Å². The van der Waals surface area contributed by atoms with Gasteiger partial charge in [-0.2, -0.15) is 0 Å². The van der Waals surface area contributed by atoms with Crippen LogP contribution in [0.2, 0.25) is 0 Å². The first-order valence-electron chi connectivity index (χ1n) is 10.9. The predicted molar refractivity (Wildman–Crippen MR) is 139 cm³/mol. The highest BCUT2D eigenvalue weighted by molar-refractivity contribution is 7.99. The number of benzene rings is 3. The molecule has 0 unspecified atom stereocenters. The van der Waals surface area contributed by atoms with Crippen molar-refractivity contribution < 1.29 is 18.3 Å². The Morgan fingerprint density at radius 2 is 1.74 bits per heavy atom. The van der Waals surface area contributed by atoms with E-state index in [4.69, 9.17) is 0 Å². The summed E-state index contributed by atoms with van der Waals surface area (Å²) in [5.74, 6) is -0.954. The van der Waals surface area contributed by atoms with Gasteiger partial charge in [0.25, 0.3) is 5.56 Å². The molecule has 1 atom stereocenters. The second-order valence-electron chi connectivity index (χ2n) is 8.43. The van der Waals surface area contributed by atoms with Crippen molar-refractivity contribution in [3.8, 4) is 11.1 Å². The molecule has 0 saturated carbocycles. The van der Waals surface area contributed by atoms with Gasteiger partial charge < -0.3 is 5.11 Å². The van der Waals surface area contributed by atoms with Crippen molar-refractivity contribution >= 4 is 44.2 Å². The summed E-state index contributed by atoms with van der Waals surface area (Å²) < 4.78 is 28.3. The summed E-state index contributed by atoms with van der Waals surface area (Å²) in [5, 5.41) is 12.3. The number of hydrogen-bond donors (Lipinski definition) is 2. The number of carboxylic acid groups (broad SMARTS) is 1. The third-order valence-corrected chi connectivity index (χ3v) is 7.77. The number of rotatable bonds is 6. The molecule has 7 nitrogen and oxygen atoms in total. The van der Waals surface area contributed by atoms with Crippen LogP contribution in [0.1, 0.15) is 17.2 Å². The zero-order valence-electron chi connectivity index (χ0n) is 18.8. The van der Waals surface area contributed by atoms with Crippen LogP contribution in [0.4, 0.5) is 5.69 Å². The van der Waals surface area contributed by atoms with Crippen LogP contribution in [-0.4, -0.2) is 36.1 Å². The summed E-state index contributed by atoms with van der Waals surface area (Å²) in [6.45, 7) is 0. The largest absolute Gasteiger partial charge is 0.480 e. The molecule has 1 aromatic heterocycles. The fraction of sp³-hybridized carbons (Fsp3) is 0.154. The molecule has 0 spiro atoms. The van der Waals surface area contributed by atoms with E-state index in [9.17, 15) is 23.1 Å². The van der Waals surface area contributed by atoms with Gasteiger partial charge in [0.2, 0.25) is 10.0 Å². The summed E-state index contributed by atoms with van der Waals surface area (Å²) in [7, 11) is -3.83. The molecule has 0 bridgehead atoms. The molecule has 178 valence electrons. The number of aliphatic carboxylic acids is 1. The average Bonchev–Trinajstić information content (AvgIpc) is 3.27. The maximum atomic E-state index is 13.7. The van der Waals surface area contributed by atoms with Crippen molar-refractivity contribution in [3.05, 3.63) is 94.3 Å². The van der Waals surface area contributed by atoms with Gasteiger partial charge in [-0.1, -0.05) is 72.8 Å². The fourth-order valence-electron chi connectivity index (χ4n) is 4.56. The first kappa shape index (κ1) is 23.2. The van der Waals surface area contributed by atoms with Crippen molar-refractivity contribution in [1.29, 1.82) is 0 Å². The highest BCUT2D eigenvalue weighted by Gasteiger charge is 2.36. The maximum Gasteiger partial charge on any atom is 0.327 e. The van der Waals surface area contributed by atoms with Gasteiger partial charge in [-0.15, -0.1) is 11.8 Å². The molecule has 2 N–H and O–H groups in total. The predicted octanol–water partition coefficient (Wildman–Crippen LogP) is 4.36. The molecular weight excluding hydrogens is 484 g/mol. The number of nitrogens with zero attached hydrogens (tertiary/aromatic N) is 1. The fourth-order valence-corrected chi connectivity index (χ4v) is 6.49. The molecule has 1 aliphatic rings. The lowest BCUT2D eigenvalue weighted by atomic mass is 9.92. The van der Waals surface area contributed by atoms with E-state index < -0.39 is 27.6 Å². The van der Waals surface area contributed by atoms with Crippen LogP contribution >= 0.6 is 11.8 Å². The first-order valence-corrected chi connectivity index (χ1v) is 13.8. The number of carbonyl (C=O) groups is 1. The molecule has 0 amide bonds. The Balaban J connectivity index is 1.86. The number of nitrogens with one attached hydrogen (secondary N) is 1. The molecule has 0 saturated heterocycles. The van der Waals surface area contributed by atoms with E-state index >= 15 is 0 Å². The molecule has 3 aromatic carbocycles. The second-order valence-corrected chi connectivity index (χ2v) is 11.2. The quantitative estimate of drug-likeness (QED) is 0.403. The first-order chi connectivity index (χ1) is 16.7. The van der Waals surface area contributed by atoms with E-state index in [1.165, 1.54) is 16.3 Å². The third kappa shape index (κ3) is 4.33. The van der Waals surface area contributed by atoms with Crippen molar-refractivity contribution in [2.24, 2.45) is 0 Å². The normalized spacial score (nSPS) is 15.2. The summed E-state index contributed by atoms with van der Waals surface area (Å²) in [5.41, 5.74) is 2.13. The minimum absolute atomic E-state index is 0.114. The topological polar surface area (TPSA) is 105 Å². The van der Waals surface area contributed by atoms with E-state index in [0.717, 1.165) is 28.2 Å². The van der Waals surface area contributed by atoms with Gasteiger partial charge in [0, 0.05) is 17.7 Å². The minimum Gasteiger partial charge on any atom is -0.480 e. The highest BCUT2D eigenvalue weighted by atomic mass is 32.2. The van der Waals surface area contributed by atoms with Gasteiger partial charge in [0.05, 0.1) is 11.3 Å². The maximum absolute atomic E-state index is 13.7. The molecule has 1 aliphatic heterocycles. The zero-order chi connectivity index (χ0) is 24.7. The van der Waals surface area contributed by atoms with Crippen LogP contribution in [-0.2, 0) is 21.2 Å². The average molecular weight is 507 g/mol.